The highest BCUT2D eigenvalue weighted by atomic mass is 32.1. The number of carbonyl (C=O) groups excluding carboxylic acids is 1. The van der Waals surface area contributed by atoms with Gasteiger partial charge in [-0.2, -0.15) is 4.98 Å². The number of nitrogens with one attached hydrogen (secondary N) is 1. The fraction of sp³-hybridized carbons (Fsp3) is 0.200. The Hall–Kier alpha value is -3.26. The molecule has 0 spiro atoms. The number of fused-ring (bicyclic) bond motifs is 1. The van der Waals surface area contributed by atoms with Crippen molar-refractivity contribution in [3.63, 3.8) is 0 Å². The molecule has 28 heavy (non-hydrogen) atoms. The standard InChI is InChI=1S/C20H18N4O3S/c1-3-13-8-9-15-17(10-13)28-20(22-15)23-19(25)14-6-4-5-7-16(14)26-11-18-21-12(2)27-24-18/h4-10H,3,11H2,1-2H3,(H,22,23,25). The number of aryl methyl sites for hydroxylation is 2. The summed E-state index contributed by atoms with van der Waals surface area (Å²) in [5.41, 5.74) is 2.52. The van der Waals surface area contributed by atoms with E-state index in [1.54, 1.807) is 31.2 Å². The number of thiazole rings is 1. The fourth-order valence-corrected chi connectivity index (χ4v) is 3.65. The minimum absolute atomic E-state index is 0.114. The maximum atomic E-state index is 12.8. The molecule has 4 rings (SSSR count). The van der Waals surface area contributed by atoms with Crippen LogP contribution < -0.4 is 10.1 Å². The average Bonchev–Trinajstić information content (AvgIpc) is 3.31. The fourth-order valence-electron chi connectivity index (χ4n) is 2.73. The monoisotopic (exact) mass is 394 g/mol. The molecule has 8 heteroatoms. The van der Waals surface area contributed by atoms with E-state index in [2.05, 4.69) is 39.5 Å². The lowest BCUT2D eigenvalue weighted by atomic mass is 10.2. The molecule has 4 aromatic rings. The number of hydrogen-bond acceptors (Lipinski definition) is 7. The highest BCUT2D eigenvalue weighted by molar-refractivity contribution is 7.22. The molecule has 7 nitrogen and oxygen atoms in total. The van der Waals surface area contributed by atoms with Crippen LogP contribution in [0.2, 0.25) is 0 Å². The second-order valence-corrected chi connectivity index (χ2v) is 7.17. The van der Waals surface area contributed by atoms with Gasteiger partial charge < -0.3 is 9.26 Å². The van der Waals surface area contributed by atoms with E-state index in [-0.39, 0.29) is 12.5 Å². The zero-order valence-corrected chi connectivity index (χ0v) is 16.2. The molecule has 0 unspecified atom stereocenters. The third-order valence-electron chi connectivity index (χ3n) is 4.14. The molecule has 0 bridgehead atoms. The van der Waals surface area contributed by atoms with Gasteiger partial charge in [0.2, 0.25) is 11.7 Å². The van der Waals surface area contributed by atoms with Crippen LogP contribution in [0.25, 0.3) is 10.2 Å². The van der Waals surface area contributed by atoms with Crippen LogP contribution in [0.15, 0.2) is 47.0 Å². The number of anilines is 1. The summed E-state index contributed by atoms with van der Waals surface area (Å²) < 4.78 is 11.7. The molecule has 0 aliphatic heterocycles. The molecule has 142 valence electrons. The van der Waals surface area contributed by atoms with E-state index >= 15 is 0 Å². The van der Waals surface area contributed by atoms with Crippen molar-refractivity contribution in [2.45, 2.75) is 26.9 Å². The molecule has 0 saturated heterocycles. The van der Waals surface area contributed by atoms with Crippen molar-refractivity contribution in [1.82, 2.24) is 15.1 Å². The summed E-state index contributed by atoms with van der Waals surface area (Å²) in [6.07, 6.45) is 0.958. The van der Waals surface area contributed by atoms with Crippen molar-refractivity contribution < 1.29 is 14.1 Å². The molecule has 1 amide bonds. The van der Waals surface area contributed by atoms with Crippen molar-refractivity contribution in [1.29, 1.82) is 0 Å². The molecule has 0 atom stereocenters. The molecular formula is C20H18N4O3S. The van der Waals surface area contributed by atoms with Crippen LogP contribution in [-0.4, -0.2) is 21.0 Å². The van der Waals surface area contributed by atoms with Crippen LogP contribution in [0.4, 0.5) is 5.13 Å². The Kier molecular flexibility index (Phi) is 5.03. The molecular weight excluding hydrogens is 376 g/mol. The van der Waals surface area contributed by atoms with Crippen molar-refractivity contribution in [3.8, 4) is 5.75 Å². The zero-order valence-electron chi connectivity index (χ0n) is 15.4. The van der Waals surface area contributed by atoms with Crippen LogP contribution in [-0.2, 0) is 13.0 Å². The summed E-state index contributed by atoms with van der Waals surface area (Å²) in [5, 5.41) is 7.21. The lowest BCUT2D eigenvalue weighted by Gasteiger charge is -2.09. The Balaban J connectivity index is 1.51. The third kappa shape index (κ3) is 3.86. The van der Waals surface area contributed by atoms with Crippen molar-refractivity contribution in [3.05, 3.63) is 65.3 Å². The average molecular weight is 394 g/mol. The molecule has 0 radical (unpaired) electrons. The summed E-state index contributed by atoms with van der Waals surface area (Å²) in [7, 11) is 0. The first-order chi connectivity index (χ1) is 13.6. The predicted molar refractivity (Wildman–Crippen MR) is 107 cm³/mol. The van der Waals surface area contributed by atoms with Gasteiger partial charge in [0.1, 0.15) is 5.75 Å². The Labute approximate surface area is 165 Å². The minimum Gasteiger partial charge on any atom is -0.485 e. The Bertz CT molecular complexity index is 1140. The maximum Gasteiger partial charge on any atom is 0.261 e. The van der Waals surface area contributed by atoms with Gasteiger partial charge in [0.25, 0.3) is 5.91 Å². The molecule has 0 aliphatic carbocycles. The van der Waals surface area contributed by atoms with Gasteiger partial charge in [-0.3, -0.25) is 10.1 Å². The van der Waals surface area contributed by atoms with E-state index in [9.17, 15) is 4.79 Å². The normalized spacial score (nSPS) is 10.9. The second-order valence-electron chi connectivity index (χ2n) is 6.14. The number of nitrogens with zero attached hydrogens (tertiary/aromatic N) is 3. The molecule has 2 heterocycles. The Morgan fingerprint density at radius 2 is 2.07 bits per heavy atom. The first kappa shape index (κ1) is 18.1. The number of para-hydroxylation sites is 1. The third-order valence-corrected chi connectivity index (χ3v) is 5.07. The van der Waals surface area contributed by atoms with Crippen LogP contribution >= 0.6 is 11.3 Å². The van der Waals surface area contributed by atoms with Gasteiger partial charge in [0.15, 0.2) is 11.7 Å². The number of rotatable bonds is 6. The first-order valence-electron chi connectivity index (χ1n) is 8.84. The van der Waals surface area contributed by atoms with Crippen LogP contribution in [0.3, 0.4) is 0 Å². The number of amides is 1. The van der Waals surface area contributed by atoms with E-state index in [4.69, 9.17) is 9.26 Å². The lowest BCUT2D eigenvalue weighted by molar-refractivity contribution is 0.102. The predicted octanol–water partition coefficient (Wildman–Crippen LogP) is 4.38. The van der Waals surface area contributed by atoms with Gasteiger partial charge in [0.05, 0.1) is 15.8 Å². The molecule has 2 aromatic heterocycles. The largest absolute Gasteiger partial charge is 0.485 e. The number of aromatic nitrogens is 3. The van der Waals surface area contributed by atoms with Gasteiger partial charge in [-0.05, 0) is 36.2 Å². The van der Waals surface area contributed by atoms with Crippen LogP contribution in [0.1, 0.15) is 34.6 Å². The quantitative estimate of drug-likeness (QED) is 0.522. The molecule has 0 aliphatic rings. The van der Waals surface area contributed by atoms with Crippen molar-refractivity contribution in [2.24, 2.45) is 0 Å². The first-order valence-corrected chi connectivity index (χ1v) is 9.66. The molecule has 0 fully saturated rings. The maximum absolute atomic E-state index is 12.8. The van der Waals surface area contributed by atoms with E-state index in [1.807, 2.05) is 6.07 Å². The highest BCUT2D eigenvalue weighted by Gasteiger charge is 2.15. The van der Waals surface area contributed by atoms with E-state index in [0.29, 0.717) is 28.2 Å². The lowest BCUT2D eigenvalue weighted by Crippen LogP contribution is -2.13. The molecule has 1 N–H and O–H groups in total. The number of ether oxygens (including phenoxy) is 1. The SMILES string of the molecule is CCc1ccc2nc(NC(=O)c3ccccc3OCc3noc(C)n3)sc2c1. The highest BCUT2D eigenvalue weighted by Crippen LogP contribution is 2.28. The van der Waals surface area contributed by atoms with Gasteiger partial charge in [-0.15, -0.1) is 0 Å². The van der Waals surface area contributed by atoms with Crippen LogP contribution in [0.5, 0.6) is 5.75 Å². The second kappa shape index (κ2) is 7.77. The summed E-state index contributed by atoms with van der Waals surface area (Å²) in [6, 6.07) is 13.2. The topological polar surface area (TPSA) is 90.1 Å². The number of carbonyl (C=O) groups is 1. The van der Waals surface area contributed by atoms with E-state index in [1.165, 1.54) is 16.9 Å². The summed E-state index contributed by atoms with van der Waals surface area (Å²) >= 11 is 1.45. The zero-order chi connectivity index (χ0) is 19.5. The van der Waals surface area contributed by atoms with Crippen LogP contribution in [0, 0.1) is 6.92 Å². The smallest absolute Gasteiger partial charge is 0.261 e. The van der Waals surface area contributed by atoms with Gasteiger partial charge >= 0.3 is 0 Å². The molecule has 2 aromatic carbocycles. The molecule has 0 saturated carbocycles. The number of hydrogen-bond donors (Lipinski definition) is 1. The van der Waals surface area contributed by atoms with Gasteiger partial charge in [-0.1, -0.05) is 41.6 Å². The number of benzene rings is 2. The summed E-state index contributed by atoms with van der Waals surface area (Å²) in [4.78, 5) is 21.4. The van der Waals surface area contributed by atoms with E-state index < -0.39 is 0 Å². The van der Waals surface area contributed by atoms with Gasteiger partial charge in [0, 0.05) is 6.92 Å². The van der Waals surface area contributed by atoms with Crippen molar-refractivity contribution >= 4 is 32.6 Å². The van der Waals surface area contributed by atoms with E-state index in [0.717, 1.165) is 16.6 Å². The van der Waals surface area contributed by atoms with Crippen molar-refractivity contribution in [2.75, 3.05) is 5.32 Å². The van der Waals surface area contributed by atoms with Gasteiger partial charge in [-0.25, -0.2) is 4.98 Å². The Morgan fingerprint density at radius 1 is 1.21 bits per heavy atom. The minimum atomic E-state index is -0.283. The summed E-state index contributed by atoms with van der Waals surface area (Å²) in [6.45, 7) is 3.93. The Morgan fingerprint density at radius 3 is 2.86 bits per heavy atom. The summed E-state index contributed by atoms with van der Waals surface area (Å²) in [5.74, 6) is 1.05.